The molecule has 0 saturated carbocycles. The van der Waals surface area contributed by atoms with Crippen molar-refractivity contribution < 1.29 is 13.9 Å². The molecular formula is C18H23FN4O2. The van der Waals surface area contributed by atoms with Crippen LogP contribution in [0.1, 0.15) is 5.56 Å². The van der Waals surface area contributed by atoms with Crippen LogP contribution in [0.3, 0.4) is 0 Å². The number of hydrogen-bond donors (Lipinski definition) is 1. The lowest BCUT2D eigenvalue weighted by atomic mass is 10.2. The zero-order valence-electron chi connectivity index (χ0n) is 14.7. The van der Waals surface area contributed by atoms with E-state index in [2.05, 4.69) is 10.3 Å². The number of carbonyl (C=O) groups is 1. The van der Waals surface area contributed by atoms with Gasteiger partial charge in [0.05, 0.1) is 12.8 Å². The highest BCUT2D eigenvalue weighted by Crippen LogP contribution is 2.25. The molecule has 1 heterocycles. The summed E-state index contributed by atoms with van der Waals surface area (Å²) in [5, 5.41) is 2.79. The van der Waals surface area contributed by atoms with E-state index >= 15 is 0 Å². The monoisotopic (exact) mass is 346 g/mol. The number of amides is 2. The maximum absolute atomic E-state index is 13.3. The first kappa shape index (κ1) is 18.7. The summed E-state index contributed by atoms with van der Waals surface area (Å²) in [7, 11) is 5.34. The Morgan fingerprint density at radius 1 is 1.20 bits per heavy atom. The number of ether oxygens (including phenoxy) is 1. The van der Waals surface area contributed by atoms with Gasteiger partial charge in [-0.2, -0.15) is 0 Å². The van der Waals surface area contributed by atoms with E-state index in [1.54, 1.807) is 17.3 Å². The molecule has 2 aromatic rings. The molecule has 0 saturated heterocycles. The summed E-state index contributed by atoms with van der Waals surface area (Å²) in [4.78, 5) is 20.4. The Kier molecular flexibility index (Phi) is 6.71. The molecule has 0 radical (unpaired) electrons. The Hall–Kier alpha value is -2.67. The predicted octanol–water partition coefficient (Wildman–Crippen LogP) is 2.83. The first-order valence-electron chi connectivity index (χ1n) is 7.92. The second-order valence-corrected chi connectivity index (χ2v) is 5.86. The molecule has 7 heteroatoms. The van der Waals surface area contributed by atoms with E-state index in [0.29, 0.717) is 18.8 Å². The second-order valence-electron chi connectivity index (χ2n) is 5.86. The van der Waals surface area contributed by atoms with Gasteiger partial charge in [-0.15, -0.1) is 0 Å². The van der Waals surface area contributed by atoms with Crippen molar-refractivity contribution in [2.45, 2.75) is 6.54 Å². The maximum Gasteiger partial charge on any atom is 0.322 e. The number of aromatic nitrogens is 1. The van der Waals surface area contributed by atoms with Crippen molar-refractivity contribution in [1.82, 2.24) is 14.8 Å². The van der Waals surface area contributed by atoms with Crippen LogP contribution in [-0.2, 0) is 6.54 Å². The minimum absolute atomic E-state index is 0.274. The molecule has 1 aromatic heterocycles. The number of nitrogens with one attached hydrogen (secondary N) is 1. The Morgan fingerprint density at radius 2 is 1.92 bits per heavy atom. The van der Waals surface area contributed by atoms with Crippen LogP contribution in [0.25, 0.3) is 0 Å². The van der Waals surface area contributed by atoms with E-state index in [4.69, 9.17) is 4.74 Å². The maximum atomic E-state index is 13.3. The lowest BCUT2D eigenvalue weighted by Crippen LogP contribution is -2.39. The Morgan fingerprint density at radius 3 is 2.56 bits per heavy atom. The third-order valence-electron chi connectivity index (χ3n) is 3.63. The van der Waals surface area contributed by atoms with Gasteiger partial charge in [0.25, 0.3) is 0 Å². The number of nitrogens with zero attached hydrogens (tertiary/aromatic N) is 3. The molecular weight excluding hydrogens is 323 g/mol. The predicted molar refractivity (Wildman–Crippen MR) is 95.2 cm³/mol. The van der Waals surface area contributed by atoms with Crippen LogP contribution in [-0.4, -0.2) is 55.1 Å². The van der Waals surface area contributed by atoms with E-state index in [9.17, 15) is 9.18 Å². The number of pyridine rings is 1. The fourth-order valence-electron chi connectivity index (χ4n) is 2.24. The number of hydrogen-bond acceptors (Lipinski definition) is 4. The minimum Gasteiger partial charge on any atom is -0.494 e. The summed E-state index contributed by atoms with van der Waals surface area (Å²) in [5.74, 6) is -0.138. The van der Waals surface area contributed by atoms with Crippen LogP contribution in [0.15, 0.2) is 42.7 Å². The quantitative estimate of drug-likeness (QED) is 0.838. The molecule has 0 atom stereocenters. The van der Waals surface area contributed by atoms with Crippen molar-refractivity contribution in [3.8, 4) is 5.75 Å². The second kappa shape index (κ2) is 8.98. The van der Waals surface area contributed by atoms with Crippen molar-refractivity contribution in [2.75, 3.05) is 39.6 Å². The zero-order valence-corrected chi connectivity index (χ0v) is 14.7. The number of rotatable bonds is 7. The highest BCUT2D eigenvalue weighted by molar-refractivity contribution is 5.91. The Bertz CT molecular complexity index is 695. The number of likely N-dealkylation sites (N-methyl/N-ethyl adjacent to an activating group) is 1. The molecule has 25 heavy (non-hydrogen) atoms. The van der Waals surface area contributed by atoms with Crippen molar-refractivity contribution in [1.29, 1.82) is 0 Å². The molecule has 2 rings (SSSR count). The number of methoxy groups -OCH3 is 1. The number of benzene rings is 1. The molecule has 1 N–H and O–H groups in total. The van der Waals surface area contributed by atoms with Gasteiger partial charge in [-0.05, 0) is 43.9 Å². The van der Waals surface area contributed by atoms with E-state index in [0.717, 1.165) is 12.1 Å². The van der Waals surface area contributed by atoms with Gasteiger partial charge < -0.3 is 19.9 Å². The van der Waals surface area contributed by atoms with E-state index in [-0.39, 0.29) is 11.8 Å². The van der Waals surface area contributed by atoms with Crippen LogP contribution >= 0.6 is 0 Å². The molecule has 0 aliphatic carbocycles. The highest BCUT2D eigenvalue weighted by Gasteiger charge is 2.16. The highest BCUT2D eigenvalue weighted by atomic mass is 19.1. The van der Waals surface area contributed by atoms with Gasteiger partial charge in [0.15, 0.2) is 0 Å². The molecule has 0 fully saturated rings. The van der Waals surface area contributed by atoms with Crippen molar-refractivity contribution in [3.63, 3.8) is 0 Å². The van der Waals surface area contributed by atoms with Gasteiger partial charge in [0.2, 0.25) is 0 Å². The fourth-order valence-corrected chi connectivity index (χ4v) is 2.24. The van der Waals surface area contributed by atoms with Gasteiger partial charge in [-0.1, -0.05) is 0 Å². The minimum atomic E-state index is -0.420. The third-order valence-corrected chi connectivity index (χ3v) is 3.63. The van der Waals surface area contributed by atoms with Gasteiger partial charge in [-0.25, -0.2) is 9.18 Å². The van der Waals surface area contributed by atoms with E-state index < -0.39 is 5.82 Å². The number of carbonyl (C=O) groups excluding carboxylic acids is 1. The van der Waals surface area contributed by atoms with Crippen molar-refractivity contribution in [2.24, 2.45) is 0 Å². The summed E-state index contributed by atoms with van der Waals surface area (Å²) in [6, 6.07) is 7.47. The van der Waals surface area contributed by atoms with Crippen LogP contribution in [0, 0.1) is 5.82 Å². The zero-order chi connectivity index (χ0) is 18.2. The van der Waals surface area contributed by atoms with Crippen LogP contribution in [0.2, 0.25) is 0 Å². The van der Waals surface area contributed by atoms with Gasteiger partial charge in [-0.3, -0.25) is 4.98 Å². The number of urea groups is 1. The van der Waals surface area contributed by atoms with Crippen LogP contribution in [0.5, 0.6) is 5.75 Å². The fraction of sp³-hybridized carbons (Fsp3) is 0.333. The lowest BCUT2D eigenvalue weighted by Gasteiger charge is -2.25. The molecule has 0 aliphatic heterocycles. The smallest absolute Gasteiger partial charge is 0.322 e. The SMILES string of the molecule is COc1cc(F)ccc1NC(=O)N(CCN(C)C)Cc1ccncc1. The molecule has 1 aromatic carbocycles. The van der Waals surface area contributed by atoms with Gasteiger partial charge in [0, 0.05) is 38.1 Å². The van der Waals surface area contributed by atoms with Crippen LogP contribution in [0.4, 0.5) is 14.9 Å². The van der Waals surface area contributed by atoms with Gasteiger partial charge in [0.1, 0.15) is 11.6 Å². The number of halogens is 1. The molecule has 6 nitrogen and oxygen atoms in total. The van der Waals surface area contributed by atoms with Crippen molar-refractivity contribution >= 4 is 11.7 Å². The summed E-state index contributed by atoms with van der Waals surface area (Å²) < 4.78 is 18.4. The normalized spacial score (nSPS) is 10.6. The summed E-state index contributed by atoms with van der Waals surface area (Å²) in [6.07, 6.45) is 3.39. The topological polar surface area (TPSA) is 57.7 Å². The standard InChI is InChI=1S/C18H23FN4O2/c1-22(2)10-11-23(13-14-6-8-20-9-7-14)18(24)21-16-5-4-15(19)12-17(16)25-3/h4-9,12H,10-11,13H2,1-3H3,(H,21,24). The molecule has 0 bridgehead atoms. The largest absolute Gasteiger partial charge is 0.494 e. The average molecular weight is 346 g/mol. The van der Waals surface area contributed by atoms with Crippen LogP contribution < -0.4 is 10.1 Å². The number of anilines is 1. The van der Waals surface area contributed by atoms with Gasteiger partial charge >= 0.3 is 6.03 Å². The molecule has 0 spiro atoms. The summed E-state index contributed by atoms with van der Waals surface area (Å²) >= 11 is 0. The van der Waals surface area contributed by atoms with E-state index in [1.807, 2.05) is 31.1 Å². The molecule has 2 amide bonds. The average Bonchev–Trinajstić information content (AvgIpc) is 2.60. The first-order valence-corrected chi connectivity index (χ1v) is 7.92. The Labute approximate surface area is 147 Å². The lowest BCUT2D eigenvalue weighted by molar-refractivity contribution is 0.202. The van der Waals surface area contributed by atoms with E-state index in [1.165, 1.54) is 25.3 Å². The first-order chi connectivity index (χ1) is 12.0. The molecule has 0 aliphatic rings. The molecule has 0 unspecified atom stereocenters. The molecule has 134 valence electrons. The third kappa shape index (κ3) is 5.72. The Balaban J connectivity index is 2.14. The summed E-state index contributed by atoms with van der Waals surface area (Å²) in [6.45, 7) is 1.72. The summed E-state index contributed by atoms with van der Waals surface area (Å²) in [5.41, 5.74) is 1.41. The van der Waals surface area contributed by atoms with Crippen molar-refractivity contribution in [3.05, 3.63) is 54.1 Å².